The Morgan fingerprint density at radius 3 is 2.00 bits per heavy atom. The lowest BCUT2D eigenvalue weighted by atomic mass is 10.1. The summed E-state index contributed by atoms with van der Waals surface area (Å²) in [5, 5.41) is 8.64. The molecular formula is C17H34O3. The van der Waals surface area contributed by atoms with Crippen molar-refractivity contribution in [3.05, 3.63) is 0 Å². The molecule has 3 nitrogen and oxygen atoms in total. The monoisotopic (exact) mass is 286 g/mol. The lowest BCUT2D eigenvalue weighted by Crippen LogP contribution is -2.05. The molecule has 0 aromatic carbocycles. The Labute approximate surface area is 125 Å². The normalized spacial score (nSPS) is 10.7. The first-order valence-corrected chi connectivity index (χ1v) is 8.57. The predicted molar refractivity (Wildman–Crippen MR) is 83.7 cm³/mol. The fraction of sp³-hybridized carbons (Fsp3) is 0.941. The van der Waals surface area contributed by atoms with Gasteiger partial charge in [-0.15, -0.1) is 0 Å². The molecule has 3 heteroatoms. The van der Waals surface area contributed by atoms with Gasteiger partial charge in [0.15, 0.2) is 0 Å². The number of carbonyl (C=O) groups is 1. The minimum Gasteiger partial charge on any atom is -0.466 e. The Bertz CT molecular complexity index is 204. The van der Waals surface area contributed by atoms with E-state index in [2.05, 4.69) is 6.92 Å². The molecule has 0 aromatic rings. The van der Waals surface area contributed by atoms with Gasteiger partial charge in [0, 0.05) is 13.0 Å². The Balaban J connectivity index is 3.12. The smallest absolute Gasteiger partial charge is 0.305 e. The molecule has 0 radical (unpaired) electrons. The average Bonchev–Trinajstić information content (AvgIpc) is 2.45. The zero-order valence-corrected chi connectivity index (χ0v) is 13.4. The van der Waals surface area contributed by atoms with Crippen molar-refractivity contribution in [1.29, 1.82) is 0 Å². The van der Waals surface area contributed by atoms with E-state index in [1.54, 1.807) is 0 Å². The van der Waals surface area contributed by atoms with Crippen molar-refractivity contribution in [3.63, 3.8) is 0 Å². The van der Waals surface area contributed by atoms with Gasteiger partial charge >= 0.3 is 5.97 Å². The molecule has 120 valence electrons. The van der Waals surface area contributed by atoms with Gasteiger partial charge in [-0.2, -0.15) is 0 Å². The van der Waals surface area contributed by atoms with Crippen LogP contribution in [0.2, 0.25) is 0 Å². The van der Waals surface area contributed by atoms with Crippen LogP contribution in [0.3, 0.4) is 0 Å². The summed E-state index contributed by atoms with van der Waals surface area (Å²) in [5.74, 6) is -0.0434. The van der Waals surface area contributed by atoms with Gasteiger partial charge in [-0.1, -0.05) is 64.7 Å². The van der Waals surface area contributed by atoms with Crippen LogP contribution in [-0.4, -0.2) is 24.3 Å². The number of rotatable bonds is 15. The number of carbonyl (C=O) groups excluding carboxylic acids is 1. The van der Waals surface area contributed by atoms with Crippen LogP contribution in [0.4, 0.5) is 0 Å². The van der Waals surface area contributed by atoms with Crippen LogP contribution in [0, 0.1) is 0 Å². The number of aliphatic hydroxyl groups is 1. The zero-order chi connectivity index (χ0) is 14.9. The molecule has 0 saturated carbocycles. The third kappa shape index (κ3) is 15.5. The van der Waals surface area contributed by atoms with E-state index in [-0.39, 0.29) is 12.6 Å². The Kier molecular flexibility index (Phi) is 16.0. The van der Waals surface area contributed by atoms with Gasteiger partial charge in [-0.3, -0.25) is 4.79 Å². The van der Waals surface area contributed by atoms with Gasteiger partial charge in [-0.25, -0.2) is 0 Å². The summed E-state index contributed by atoms with van der Waals surface area (Å²) in [6, 6.07) is 0. The molecule has 20 heavy (non-hydrogen) atoms. The van der Waals surface area contributed by atoms with Crippen LogP contribution in [0.1, 0.15) is 90.4 Å². The molecular weight excluding hydrogens is 252 g/mol. The van der Waals surface area contributed by atoms with Crippen LogP contribution in [0.5, 0.6) is 0 Å². The quantitative estimate of drug-likeness (QED) is 0.353. The van der Waals surface area contributed by atoms with Crippen LogP contribution < -0.4 is 0 Å². The van der Waals surface area contributed by atoms with Crippen molar-refractivity contribution >= 4 is 5.97 Å². The molecule has 0 unspecified atom stereocenters. The van der Waals surface area contributed by atoms with Crippen LogP contribution in [0.25, 0.3) is 0 Å². The van der Waals surface area contributed by atoms with Gasteiger partial charge in [0.2, 0.25) is 0 Å². The standard InChI is InChI=1S/C17H34O3/c1-2-3-4-5-6-10-13-16-20-17(19)14-11-8-7-9-12-15-18/h18H,2-16H2,1H3. The molecule has 0 amide bonds. The summed E-state index contributed by atoms with van der Waals surface area (Å²) in [7, 11) is 0. The summed E-state index contributed by atoms with van der Waals surface area (Å²) >= 11 is 0. The molecule has 0 heterocycles. The van der Waals surface area contributed by atoms with Crippen molar-refractivity contribution in [2.24, 2.45) is 0 Å². The SMILES string of the molecule is CCCCCCCCCOC(=O)CCCCCCCO. The fourth-order valence-corrected chi connectivity index (χ4v) is 2.23. The highest BCUT2D eigenvalue weighted by Gasteiger charge is 2.02. The van der Waals surface area contributed by atoms with Gasteiger partial charge in [0.05, 0.1) is 6.61 Å². The average molecular weight is 286 g/mol. The first-order chi connectivity index (χ1) is 9.81. The number of hydrogen-bond donors (Lipinski definition) is 1. The Hall–Kier alpha value is -0.570. The van der Waals surface area contributed by atoms with E-state index in [1.165, 1.54) is 38.5 Å². The third-order valence-electron chi connectivity index (χ3n) is 3.55. The first-order valence-electron chi connectivity index (χ1n) is 8.57. The molecule has 0 bridgehead atoms. The summed E-state index contributed by atoms with van der Waals surface area (Å²) in [4.78, 5) is 11.4. The van der Waals surface area contributed by atoms with Gasteiger partial charge in [0.1, 0.15) is 0 Å². The van der Waals surface area contributed by atoms with Gasteiger partial charge in [0.25, 0.3) is 0 Å². The van der Waals surface area contributed by atoms with E-state index in [0.29, 0.717) is 13.0 Å². The van der Waals surface area contributed by atoms with E-state index in [1.807, 2.05) is 0 Å². The fourth-order valence-electron chi connectivity index (χ4n) is 2.23. The number of ether oxygens (including phenoxy) is 1. The summed E-state index contributed by atoms with van der Waals surface area (Å²) in [6.07, 6.45) is 14.3. The summed E-state index contributed by atoms with van der Waals surface area (Å²) in [5.41, 5.74) is 0. The van der Waals surface area contributed by atoms with E-state index in [9.17, 15) is 4.79 Å². The molecule has 0 spiro atoms. The van der Waals surface area contributed by atoms with Gasteiger partial charge in [-0.05, 0) is 19.3 Å². The third-order valence-corrected chi connectivity index (χ3v) is 3.55. The maximum atomic E-state index is 11.4. The van der Waals surface area contributed by atoms with Crippen molar-refractivity contribution in [2.45, 2.75) is 90.4 Å². The largest absolute Gasteiger partial charge is 0.466 e. The molecule has 0 aromatic heterocycles. The van der Waals surface area contributed by atoms with Gasteiger partial charge < -0.3 is 9.84 Å². The second-order valence-corrected chi connectivity index (χ2v) is 5.58. The second kappa shape index (κ2) is 16.5. The van der Waals surface area contributed by atoms with Crippen LogP contribution >= 0.6 is 0 Å². The highest BCUT2D eigenvalue weighted by Crippen LogP contribution is 2.08. The lowest BCUT2D eigenvalue weighted by Gasteiger charge is -2.05. The van der Waals surface area contributed by atoms with Crippen molar-refractivity contribution < 1.29 is 14.6 Å². The van der Waals surface area contributed by atoms with Crippen LogP contribution in [0.15, 0.2) is 0 Å². The van der Waals surface area contributed by atoms with E-state index >= 15 is 0 Å². The molecule has 0 fully saturated rings. The van der Waals surface area contributed by atoms with E-state index in [4.69, 9.17) is 9.84 Å². The topological polar surface area (TPSA) is 46.5 Å². The number of hydrogen-bond acceptors (Lipinski definition) is 3. The zero-order valence-electron chi connectivity index (χ0n) is 13.4. The maximum Gasteiger partial charge on any atom is 0.305 e. The molecule has 0 atom stereocenters. The number of aliphatic hydroxyl groups excluding tert-OH is 1. The lowest BCUT2D eigenvalue weighted by molar-refractivity contribution is -0.143. The highest BCUT2D eigenvalue weighted by atomic mass is 16.5. The maximum absolute atomic E-state index is 11.4. The summed E-state index contributed by atoms with van der Waals surface area (Å²) < 4.78 is 5.22. The molecule has 0 saturated heterocycles. The van der Waals surface area contributed by atoms with Crippen molar-refractivity contribution in [1.82, 2.24) is 0 Å². The Morgan fingerprint density at radius 2 is 1.35 bits per heavy atom. The summed E-state index contributed by atoms with van der Waals surface area (Å²) in [6.45, 7) is 3.10. The molecule has 0 rings (SSSR count). The van der Waals surface area contributed by atoms with E-state index < -0.39 is 0 Å². The molecule has 0 aliphatic rings. The molecule has 1 N–H and O–H groups in total. The first kappa shape index (κ1) is 19.4. The van der Waals surface area contributed by atoms with Crippen molar-refractivity contribution in [2.75, 3.05) is 13.2 Å². The number of esters is 1. The molecule has 0 aliphatic carbocycles. The number of unbranched alkanes of at least 4 members (excludes halogenated alkanes) is 10. The minimum absolute atomic E-state index is 0.0434. The van der Waals surface area contributed by atoms with Crippen molar-refractivity contribution in [3.8, 4) is 0 Å². The minimum atomic E-state index is -0.0434. The van der Waals surface area contributed by atoms with E-state index in [0.717, 1.165) is 38.5 Å². The molecule has 0 aliphatic heterocycles. The van der Waals surface area contributed by atoms with Crippen LogP contribution in [-0.2, 0) is 9.53 Å². The predicted octanol–water partition coefficient (Wildman–Crippen LogP) is 4.61. The Morgan fingerprint density at radius 1 is 0.800 bits per heavy atom. The highest BCUT2D eigenvalue weighted by molar-refractivity contribution is 5.69. The second-order valence-electron chi connectivity index (χ2n) is 5.58.